The lowest BCUT2D eigenvalue weighted by Gasteiger charge is -2.37. The van der Waals surface area contributed by atoms with Gasteiger partial charge in [-0.05, 0) is 36.0 Å². The molecule has 0 radical (unpaired) electrons. The van der Waals surface area contributed by atoms with Crippen LogP contribution >= 0.6 is 0 Å². The van der Waals surface area contributed by atoms with Crippen molar-refractivity contribution in [3.63, 3.8) is 0 Å². The van der Waals surface area contributed by atoms with Crippen LogP contribution in [0.25, 0.3) is 0 Å². The Balaban J connectivity index is 1.84. The minimum atomic E-state index is -0.0276. The van der Waals surface area contributed by atoms with Crippen LogP contribution < -0.4 is 10.1 Å². The second-order valence-corrected chi connectivity index (χ2v) is 9.18. The summed E-state index contributed by atoms with van der Waals surface area (Å²) in [5, 5.41) is 3.72. The Kier molecular flexibility index (Phi) is 5.07. The predicted molar refractivity (Wildman–Crippen MR) is 105 cm³/mol. The number of rotatable bonds is 4. The van der Waals surface area contributed by atoms with Crippen LogP contribution in [0.15, 0.2) is 30.5 Å². The molecule has 1 heterocycles. The maximum absolute atomic E-state index is 5.33. The molecule has 1 N–H and O–H groups in total. The molecule has 1 atom stereocenters. The number of nitrogens with one attached hydrogen (secondary N) is 1. The van der Waals surface area contributed by atoms with Crippen molar-refractivity contribution in [2.45, 2.75) is 65.5 Å². The second-order valence-electron chi connectivity index (χ2n) is 9.18. The monoisotopic (exact) mass is 353 g/mol. The maximum atomic E-state index is 5.33. The van der Waals surface area contributed by atoms with Crippen LogP contribution in [0, 0.1) is 5.41 Å². The SMILES string of the molecule is COc1cccc(CNC2CC(C)(C)Cc3nc(C(C)(C)C)ncc32)c1. The minimum Gasteiger partial charge on any atom is -0.497 e. The minimum absolute atomic E-state index is 0.0276. The van der Waals surface area contributed by atoms with Gasteiger partial charge < -0.3 is 10.1 Å². The Morgan fingerprint density at radius 1 is 1.27 bits per heavy atom. The van der Waals surface area contributed by atoms with E-state index >= 15 is 0 Å². The number of nitrogens with zero attached hydrogens (tertiary/aromatic N) is 2. The zero-order valence-electron chi connectivity index (χ0n) is 16.9. The van der Waals surface area contributed by atoms with Crippen LogP contribution in [0.3, 0.4) is 0 Å². The molecule has 4 heteroatoms. The first-order valence-electron chi connectivity index (χ1n) is 9.40. The van der Waals surface area contributed by atoms with E-state index in [2.05, 4.69) is 57.1 Å². The van der Waals surface area contributed by atoms with Crippen molar-refractivity contribution in [3.05, 3.63) is 53.1 Å². The number of methoxy groups -OCH3 is 1. The molecule has 0 aliphatic heterocycles. The Morgan fingerprint density at radius 2 is 2.04 bits per heavy atom. The van der Waals surface area contributed by atoms with Crippen molar-refractivity contribution < 1.29 is 4.74 Å². The zero-order valence-corrected chi connectivity index (χ0v) is 16.9. The van der Waals surface area contributed by atoms with E-state index in [-0.39, 0.29) is 16.9 Å². The van der Waals surface area contributed by atoms with Crippen LogP contribution in [0.4, 0.5) is 0 Å². The molecule has 0 fully saturated rings. The number of hydrogen-bond acceptors (Lipinski definition) is 4. The molecule has 0 saturated heterocycles. The number of fused-ring (bicyclic) bond motifs is 1. The summed E-state index contributed by atoms with van der Waals surface area (Å²) < 4.78 is 5.33. The van der Waals surface area contributed by atoms with Gasteiger partial charge in [-0.25, -0.2) is 9.97 Å². The fourth-order valence-corrected chi connectivity index (χ4v) is 3.61. The van der Waals surface area contributed by atoms with Gasteiger partial charge in [0.1, 0.15) is 11.6 Å². The zero-order chi connectivity index (χ0) is 18.9. The summed E-state index contributed by atoms with van der Waals surface area (Å²) in [5.41, 5.74) is 3.87. The molecule has 1 aliphatic carbocycles. The molecular formula is C22H31N3O. The van der Waals surface area contributed by atoms with E-state index in [4.69, 9.17) is 9.72 Å². The van der Waals surface area contributed by atoms with Crippen LogP contribution in [0.5, 0.6) is 5.75 Å². The van der Waals surface area contributed by atoms with Gasteiger partial charge in [-0.2, -0.15) is 0 Å². The molecule has 26 heavy (non-hydrogen) atoms. The van der Waals surface area contributed by atoms with E-state index in [0.29, 0.717) is 0 Å². The lowest BCUT2D eigenvalue weighted by atomic mass is 9.74. The summed E-state index contributed by atoms with van der Waals surface area (Å²) in [6.45, 7) is 12.0. The highest BCUT2D eigenvalue weighted by Gasteiger charge is 2.34. The fourth-order valence-electron chi connectivity index (χ4n) is 3.61. The van der Waals surface area contributed by atoms with Crippen molar-refractivity contribution >= 4 is 0 Å². The topological polar surface area (TPSA) is 47.0 Å². The summed E-state index contributed by atoms with van der Waals surface area (Å²) >= 11 is 0. The van der Waals surface area contributed by atoms with E-state index in [0.717, 1.165) is 31.0 Å². The number of benzene rings is 1. The molecule has 140 valence electrons. The van der Waals surface area contributed by atoms with E-state index in [1.807, 2.05) is 18.3 Å². The van der Waals surface area contributed by atoms with Crippen molar-refractivity contribution in [1.29, 1.82) is 0 Å². The van der Waals surface area contributed by atoms with Crippen LogP contribution in [-0.4, -0.2) is 17.1 Å². The van der Waals surface area contributed by atoms with E-state index in [1.54, 1.807) is 7.11 Å². The molecule has 2 aromatic rings. The van der Waals surface area contributed by atoms with Gasteiger partial charge in [0.25, 0.3) is 0 Å². The number of aromatic nitrogens is 2. The Hall–Kier alpha value is -1.94. The highest BCUT2D eigenvalue weighted by atomic mass is 16.5. The summed E-state index contributed by atoms with van der Waals surface area (Å²) in [4.78, 5) is 9.61. The standard InChI is InChI=1S/C22H31N3O/c1-21(2,3)20-24-14-17-18(11-22(4,5)12-19(17)25-20)23-13-15-8-7-9-16(10-15)26-6/h7-10,14,18,23H,11-13H2,1-6H3. The maximum Gasteiger partial charge on any atom is 0.133 e. The van der Waals surface area contributed by atoms with Gasteiger partial charge in [0.05, 0.1) is 7.11 Å². The second kappa shape index (κ2) is 6.99. The van der Waals surface area contributed by atoms with Crippen LogP contribution in [-0.2, 0) is 18.4 Å². The molecule has 1 aliphatic rings. The normalized spacial score (nSPS) is 19.1. The lowest BCUT2D eigenvalue weighted by molar-refractivity contribution is 0.251. The van der Waals surface area contributed by atoms with Gasteiger partial charge in [0, 0.05) is 35.5 Å². The summed E-state index contributed by atoms with van der Waals surface area (Å²) in [6, 6.07) is 8.50. The Labute approximate surface area is 157 Å². The summed E-state index contributed by atoms with van der Waals surface area (Å²) in [6.07, 6.45) is 4.13. The average molecular weight is 354 g/mol. The molecule has 4 nitrogen and oxygen atoms in total. The third-order valence-corrected chi connectivity index (χ3v) is 5.04. The smallest absolute Gasteiger partial charge is 0.133 e. The first-order chi connectivity index (χ1) is 12.2. The van der Waals surface area contributed by atoms with E-state index < -0.39 is 0 Å². The quantitative estimate of drug-likeness (QED) is 0.873. The van der Waals surface area contributed by atoms with Crippen molar-refractivity contribution in [3.8, 4) is 5.75 Å². The van der Waals surface area contributed by atoms with Crippen molar-refractivity contribution in [2.75, 3.05) is 7.11 Å². The molecular weight excluding hydrogens is 322 g/mol. The van der Waals surface area contributed by atoms with Crippen LogP contribution in [0.1, 0.15) is 69.7 Å². The van der Waals surface area contributed by atoms with Gasteiger partial charge in [-0.1, -0.05) is 46.8 Å². The van der Waals surface area contributed by atoms with Gasteiger partial charge in [0.2, 0.25) is 0 Å². The summed E-state index contributed by atoms with van der Waals surface area (Å²) in [7, 11) is 1.70. The molecule has 1 unspecified atom stereocenters. The van der Waals surface area contributed by atoms with Gasteiger partial charge >= 0.3 is 0 Å². The molecule has 0 bridgehead atoms. The van der Waals surface area contributed by atoms with E-state index in [1.165, 1.54) is 16.8 Å². The third kappa shape index (κ3) is 4.24. The summed E-state index contributed by atoms with van der Waals surface area (Å²) in [5.74, 6) is 1.83. The van der Waals surface area contributed by atoms with Crippen molar-refractivity contribution in [2.24, 2.45) is 5.41 Å². The Bertz CT molecular complexity index is 777. The third-order valence-electron chi connectivity index (χ3n) is 5.04. The molecule has 0 spiro atoms. The predicted octanol–water partition coefficient (Wildman–Crippen LogP) is 4.59. The van der Waals surface area contributed by atoms with Crippen LogP contribution in [0.2, 0.25) is 0 Å². The highest BCUT2D eigenvalue weighted by Crippen LogP contribution is 2.40. The van der Waals surface area contributed by atoms with Gasteiger partial charge in [-0.15, -0.1) is 0 Å². The average Bonchev–Trinajstić information content (AvgIpc) is 2.57. The molecule has 1 aromatic heterocycles. The molecule has 0 saturated carbocycles. The fraction of sp³-hybridized carbons (Fsp3) is 0.545. The molecule has 3 rings (SSSR count). The first-order valence-corrected chi connectivity index (χ1v) is 9.40. The Morgan fingerprint density at radius 3 is 2.73 bits per heavy atom. The number of ether oxygens (including phenoxy) is 1. The van der Waals surface area contributed by atoms with Gasteiger partial charge in [-0.3, -0.25) is 0 Å². The largest absolute Gasteiger partial charge is 0.497 e. The highest BCUT2D eigenvalue weighted by molar-refractivity contribution is 5.30. The van der Waals surface area contributed by atoms with E-state index in [9.17, 15) is 0 Å². The first kappa shape index (κ1) is 18.8. The van der Waals surface area contributed by atoms with Crippen molar-refractivity contribution in [1.82, 2.24) is 15.3 Å². The lowest BCUT2D eigenvalue weighted by Crippen LogP contribution is -2.35. The molecule has 0 amide bonds. The molecule has 1 aromatic carbocycles. The van der Waals surface area contributed by atoms with Gasteiger partial charge in [0.15, 0.2) is 0 Å². The number of hydrogen-bond donors (Lipinski definition) is 1.